The van der Waals surface area contributed by atoms with Gasteiger partial charge in [0.1, 0.15) is 5.82 Å². The molecule has 1 N–H and O–H groups in total. The summed E-state index contributed by atoms with van der Waals surface area (Å²) in [5.74, 6) is -0.370. The van der Waals surface area contributed by atoms with Gasteiger partial charge < -0.3 is 5.11 Å². The molecule has 0 bridgehead atoms. The summed E-state index contributed by atoms with van der Waals surface area (Å²) in [5.41, 5.74) is 0.350. The van der Waals surface area contributed by atoms with E-state index in [1.807, 2.05) is 30.3 Å². The van der Waals surface area contributed by atoms with Crippen molar-refractivity contribution in [1.82, 2.24) is 0 Å². The summed E-state index contributed by atoms with van der Waals surface area (Å²) in [7, 11) is 0. The molecule has 0 saturated carbocycles. The third kappa shape index (κ3) is 3.13. The number of rotatable bonds is 3. The highest BCUT2D eigenvalue weighted by Crippen LogP contribution is 2.35. The molecule has 94 valence electrons. The molecule has 0 aliphatic heterocycles. The first kappa shape index (κ1) is 13.6. The summed E-state index contributed by atoms with van der Waals surface area (Å²) in [6.45, 7) is 1.57. The van der Waals surface area contributed by atoms with Gasteiger partial charge in [-0.15, -0.1) is 0 Å². The number of hydrogen-bond donors (Lipinski definition) is 1. The van der Waals surface area contributed by atoms with Crippen LogP contribution in [0.5, 0.6) is 0 Å². The maximum Gasteiger partial charge on any atom is 0.130 e. The Morgan fingerprint density at radius 2 is 1.94 bits per heavy atom. The third-order valence-corrected chi connectivity index (χ3v) is 4.01. The van der Waals surface area contributed by atoms with Gasteiger partial charge in [-0.2, -0.15) is 0 Å². The Hall–Kier alpha value is -0.840. The number of benzene rings is 2. The second kappa shape index (κ2) is 5.87. The Morgan fingerprint density at radius 1 is 1.22 bits per heavy atom. The lowest BCUT2D eigenvalue weighted by atomic mass is 10.1. The first-order valence-electron chi connectivity index (χ1n) is 5.48. The summed E-state index contributed by atoms with van der Waals surface area (Å²) < 4.78 is 14.7. The number of hydrogen-bond acceptors (Lipinski definition) is 2. The van der Waals surface area contributed by atoms with Gasteiger partial charge in [0.15, 0.2) is 0 Å². The van der Waals surface area contributed by atoms with Crippen LogP contribution >= 0.6 is 27.7 Å². The molecule has 0 saturated heterocycles. The van der Waals surface area contributed by atoms with E-state index in [0.29, 0.717) is 5.56 Å². The number of aliphatic hydroxyl groups is 1. The average molecular weight is 327 g/mol. The first-order valence-corrected chi connectivity index (χ1v) is 7.09. The van der Waals surface area contributed by atoms with E-state index in [0.717, 1.165) is 14.3 Å². The van der Waals surface area contributed by atoms with Crippen molar-refractivity contribution in [3.63, 3.8) is 0 Å². The van der Waals surface area contributed by atoms with Crippen molar-refractivity contribution >= 4 is 27.7 Å². The van der Waals surface area contributed by atoms with E-state index in [2.05, 4.69) is 15.9 Å². The van der Waals surface area contributed by atoms with Gasteiger partial charge in [0.2, 0.25) is 0 Å². The van der Waals surface area contributed by atoms with Crippen molar-refractivity contribution in [3.8, 4) is 0 Å². The van der Waals surface area contributed by atoms with Crippen molar-refractivity contribution in [1.29, 1.82) is 0 Å². The lowest BCUT2D eigenvalue weighted by molar-refractivity contribution is 0.191. The molecule has 0 heterocycles. The molecule has 0 aliphatic rings. The van der Waals surface area contributed by atoms with Crippen molar-refractivity contribution in [2.75, 3.05) is 0 Å². The highest BCUT2D eigenvalue weighted by molar-refractivity contribution is 9.10. The lowest BCUT2D eigenvalue weighted by Gasteiger charge is -2.12. The fourth-order valence-corrected chi connectivity index (χ4v) is 3.33. The molecule has 0 spiro atoms. The normalized spacial score (nSPS) is 12.4. The third-order valence-electron chi connectivity index (χ3n) is 2.45. The van der Waals surface area contributed by atoms with Crippen LogP contribution in [0.25, 0.3) is 0 Å². The van der Waals surface area contributed by atoms with E-state index >= 15 is 0 Å². The van der Waals surface area contributed by atoms with Crippen molar-refractivity contribution < 1.29 is 9.50 Å². The first-order chi connectivity index (χ1) is 8.58. The molecular weight excluding hydrogens is 315 g/mol. The SMILES string of the molecule is CC(O)c1c(F)cccc1Sc1cccc(Br)c1. The minimum atomic E-state index is -0.819. The van der Waals surface area contributed by atoms with Crippen LogP contribution in [-0.4, -0.2) is 5.11 Å². The van der Waals surface area contributed by atoms with Gasteiger partial charge in [0.05, 0.1) is 6.10 Å². The molecule has 1 atom stereocenters. The molecule has 0 radical (unpaired) electrons. The van der Waals surface area contributed by atoms with E-state index in [9.17, 15) is 9.50 Å². The van der Waals surface area contributed by atoms with Crippen LogP contribution in [0, 0.1) is 5.82 Å². The Kier molecular flexibility index (Phi) is 4.43. The van der Waals surface area contributed by atoms with Crippen LogP contribution in [0.2, 0.25) is 0 Å². The summed E-state index contributed by atoms with van der Waals surface area (Å²) in [6, 6.07) is 12.6. The molecule has 2 aromatic carbocycles. The summed E-state index contributed by atoms with van der Waals surface area (Å²) in [6.07, 6.45) is -0.819. The molecule has 1 nitrogen and oxygen atoms in total. The molecule has 0 aliphatic carbocycles. The minimum absolute atomic E-state index is 0.350. The van der Waals surface area contributed by atoms with Gasteiger partial charge in [0, 0.05) is 19.8 Å². The fourth-order valence-electron chi connectivity index (χ4n) is 1.67. The van der Waals surface area contributed by atoms with Crippen molar-refractivity contribution in [2.45, 2.75) is 22.8 Å². The highest BCUT2D eigenvalue weighted by Gasteiger charge is 2.14. The van der Waals surface area contributed by atoms with Gasteiger partial charge in [-0.3, -0.25) is 0 Å². The molecule has 1 unspecified atom stereocenters. The highest BCUT2D eigenvalue weighted by atomic mass is 79.9. The van der Waals surface area contributed by atoms with Crippen LogP contribution in [-0.2, 0) is 0 Å². The molecule has 2 aromatic rings. The number of aliphatic hydroxyl groups excluding tert-OH is 1. The Bertz CT molecular complexity index is 557. The monoisotopic (exact) mass is 326 g/mol. The second-order valence-electron chi connectivity index (χ2n) is 3.89. The Morgan fingerprint density at radius 3 is 2.61 bits per heavy atom. The zero-order valence-corrected chi connectivity index (χ0v) is 12.1. The zero-order valence-electron chi connectivity index (χ0n) is 9.73. The van der Waals surface area contributed by atoms with Gasteiger partial charge in [-0.1, -0.05) is 39.8 Å². The predicted molar refractivity (Wildman–Crippen MR) is 75.3 cm³/mol. The maximum absolute atomic E-state index is 13.7. The second-order valence-corrected chi connectivity index (χ2v) is 5.92. The molecule has 0 aromatic heterocycles. The average Bonchev–Trinajstić information content (AvgIpc) is 2.28. The summed E-state index contributed by atoms with van der Waals surface area (Å²) in [4.78, 5) is 1.74. The molecule has 2 rings (SSSR count). The van der Waals surface area contributed by atoms with E-state index in [4.69, 9.17) is 0 Å². The predicted octanol–water partition coefficient (Wildman–Crippen LogP) is 4.79. The number of halogens is 2. The van der Waals surface area contributed by atoms with Gasteiger partial charge in [-0.05, 0) is 37.3 Å². The summed E-state index contributed by atoms with van der Waals surface area (Å²) >= 11 is 4.84. The van der Waals surface area contributed by atoms with Crippen LogP contribution in [0.15, 0.2) is 56.7 Å². The van der Waals surface area contributed by atoms with Gasteiger partial charge in [-0.25, -0.2) is 4.39 Å². The van der Waals surface area contributed by atoms with Crippen LogP contribution < -0.4 is 0 Å². The quantitative estimate of drug-likeness (QED) is 0.874. The van der Waals surface area contributed by atoms with Gasteiger partial charge >= 0.3 is 0 Å². The maximum atomic E-state index is 13.7. The molecule has 18 heavy (non-hydrogen) atoms. The van der Waals surface area contributed by atoms with Gasteiger partial charge in [0.25, 0.3) is 0 Å². The zero-order chi connectivity index (χ0) is 13.1. The largest absolute Gasteiger partial charge is 0.389 e. The molecular formula is C14H12BrFOS. The van der Waals surface area contributed by atoms with Crippen LogP contribution in [0.1, 0.15) is 18.6 Å². The van der Waals surface area contributed by atoms with E-state index in [1.54, 1.807) is 13.0 Å². The summed E-state index contributed by atoms with van der Waals surface area (Å²) in [5, 5.41) is 9.66. The minimum Gasteiger partial charge on any atom is -0.389 e. The van der Waals surface area contributed by atoms with Crippen LogP contribution in [0.3, 0.4) is 0 Å². The Labute approximate surface area is 118 Å². The van der Waals surface area contributed by atoms with E-state index in [-0.39, 0.29) is 5.82 Å². The topological polar surface area (TPSA) is 20.2 Å². The van der Waals surface area contributed by atoms with Crippen LogP contribution in [0.4, 0.5) is 4.39 Å². The fraction of sp³-hybridized carbons (Fsp3) is 0.143. The molecule has 0 fully saturated rings. The Balaban J connectivity index is 2.37. The standard InChI is InChI=1S/C14H12BrFOS/c1-9(17)14-12(16)6-3-7-13(14)18-11-5-2-4-10(15)8-11/h2-9,17H,1H3. The molecule has 0 amide bonds. The van der Waals surface area contributed by atoms with E-state index < -0.39 is 6.10 Å². The lowest BCUT2D eigenvalue weighted by Crippen LogP contribution is -1.98. The molecule has 4 heteroatoms. The van der Waals surface area contributed by atoms with Crippen molar-refractivity contribution in [3.05, 3.63) is 58.3 Å². The van der Waals surface area contributed by atoms with E-state index in [1.165, 1.54) is 17.8 Å². The van der Waals surface area contributed by atoms with Crippen molar-refractivity contribution in [2.24, 2.45) is 0 Å². The smallest absolute Gasteiger partial charge is 0.130 e.